The zero-order valence-corrected chi connectivity index (χ0v) is 20.2. The Morgan fingerprint density at radius 2 is 1.56 bits per heavy atom. The molecule has 4 rings (SSSR count). The molecule has 0 saturated carbocycles. The van der Waals surface area contributed by atoms with Gasteiger partial charge in [-0.15, -0.1) is 0 Å². The van der Waals surface area contributed by atoms with Crippen LogP contribution in [0.1, 0.15) is 24.0 Å². The van der Waals surface area contributed by atoms with E-state index in [9.17, 15) is 9.59 Å². The van der Waals surface area contributed by atoms with Crippen LogP contribution < -0.4 is 9.47 Å². The fourth-order valence-electron chi connectivity index (χ4n) is 4.95. The first kappa shape index (κ1) is 24.0. The number of carbonyl (C=O) groups excluding carboxylic acids is 2. The molecule has 0 aliphatic carbocycles. The van der Waals surface area contributed by atoms with Gasteiger partial charge in [0.05, 0.1) is 27.4 Å². The second kappa shape index (κ2) is 10.4. The summed E-state index contributed by atoms with van der Waals surface area (Å²) >= 11 is 0. The lowest BCUT2D eigenvalue weighted by Gasteiger charge is -2.42. The van der Waals surface area contributed by atoms with Crippen LogP contribution >= 0.6 is 0 Å². The largest absolute Gasteiger partial charge is 0.493 e. The van der Waals surface area contributed by atoms with Crippen LogP contribution in [-0.4, -0.2) is 79.7 Å². The highest BCUT2D eigenvalue weighted by Crippen LogP contribution is 2.39. The van der Waals surface area contributed by atoms with Crippen molar-refractivity contribution in [1.82, 2.24) is 14.7 Å². The number of amides is 3. The molecule has 2 saturated heterocycles. The lowest BCUT2D eigenvalue weighted by atomic mass is 9.85. The molecular formula is C26H33N3O5. The van der Waals surface area contributed by atoms with Crippen LogP contribution in [0.25, 0.3) is 0 Å². The van der Waals surface area contributed by atoms with E-state index in [1.54, 1.807) is 26.2 Å². The predicted molar refractivity (Wildman–Crippen MR) is 128 cm³/mol. The van der Waals surface area contributed by atoms with Crippen molar-refractivity contribution in [2.75, 3.05) is 47.6 Å². The molecule has 2 aromatic rings. The summed E-state index contributed by atoms with van der Waals surface area (Å²) in [5, 5.41) is 0. The van der Waals surface area contributed by atoms with Crippen molar-refractivity contribution >= 4 is 11.9 Å². The number of carbonyl (C=O) groups is 2. The van der Waals surface area contributed by atoms with Crippen molar-refractivity contribution in [3.05, 3.63) is 59.7 Å². The summed E-state index contributed by atoms with van der Waals surface area (Å²) in [7, 11) is 4.83. The van der Waals surface area contributed by atoms with Crippen molar-refractivity contribution in [1.29, 1.82) is 0 Å². The van der Waals surface area contributed by atoms with Crippen molar-refractivity contribution in [2.45, 2.75) is 31.5 Å². The molecule has 2 aliphatic heterocycles. The molecule has 3 amide bonds. The van der Waals surface area contributed by atoms with Crippen LogP contribution in [0.5, 0.6) is 11.5 Å². The van der Waals surface area contributed by atoms with Gasteiger partial charge >= 0.3 is 6.03 Å². The van der Waals surface area contributed by atoms with Gasteiger partial charge < -0.3 is 19.1 Å². The number of hydrogen-bond acceptors (Lipinski definition) is 6. The van der Waals surface area contributed by atoms with Crippen LogP contribution in [-0.2, 0) is 22.6 Å². The smallest absolute Gasteiger partial charge is 0.328 e. The number of ether oxygens (including phenoxy) is 3. The molecule has 0 atom stereocenters. The second-order valence-electron chi connectivity index (χ2n) is 8.80. The second-order valence-corrected chi connectivity index (χ2v) is 8.80. The van der Waals surface area contributed by atoms with Crippen LogP contribution in [0.4, 0.5) is 4.79 Å². The predicted octanol–water partition coefficient (Wildman–Crippen LogP) is 3.15. The minimum Gasteiger partial charge on any atom is -0.493 e. The molecule has 34 heavy (non-hydrogen) atoms. The number of rotatable bonds is 9. The van der Waals surface area contributed by atoms with E-state index in [1.807, 2.05) is 48.5 Å². The van der Waals surface area contributed by atoms with Crippen LogP contribution in [0.3, 0.4) is 0 Å². The third-order valence-corrected chi connectivity index (χ3v) is 6.86. The molecule has 8 heteroatoms. The maximum atomic E-state index is 13.6. The quantitative estimate of drug-likeness (QED) is 0.528. The van der Waals surface area contributed by atoms with Crippen LogP contribution in [0.15, 0.2) is 48.5 Å². The monoisotopic (exact) mass is 467 g/mol. The van der Waals surface area contributed by atoms with E-state index in [2.05, 4.69) is 4.90 Å². The van der Waals surface area contributed by atoms with Crippen molar-refractivity contribution in [3.63, 3.8) is 0 Å². The van der Waals surface area contributed by atoms with Crippen LogP contribution in [0.2, 0.25) is 0 Å². The number of piperidine rings is 1. The summed E-state index contributed by atoms with van der Waals surface area (Å²) in [6, 6.07) is 15.6. The number of nitrogens with zero attached hydrogens (tertiary/aromatic N) is 3. The zero-order valence-electron chi connectivity index (χ0n) is 20.2. The lowest BCUT2D eigenvalue weighted by molar-refractivity contribution is -0.136. The summed E-state index contributed by atoms with van der Waals surface area (Å²) < 4.78 is 15.9. The standard InChI is InChI=1S/C26H33N3O5/c1-32-16-15-28-24(30)26(29(25(28)31)19-20-7-5-4-6-8-20)11-13-27(14-12-26)18-21-9-10-22(33-2)23(17-21)34-3/h4-10,17H,11-16,18-19H2,1-3H3. The van der Waals surface area contributed by atoms with Gasteiger partial charge in [-0.05, 0) is 36.1 Å². The summed E-state index contributed by atoms with van der Waals surface area (Å²) in [6.07, 6.45) is 1.20. The Hall–Kier alpha value is -3.10. The van der Waals surface area contributed by atoms with Gasteiger partial charge in [0.25, 0.3) is 5.91 Å². The zero-order chi connectivity index (χ0) is 24.1. The minimum atomic E-state index is -0.811. The number of benzene rings is 2. The van der Waals surface area contributed by atoms with Crippen molar-refractivity contribution in [3.8, 4) is 11.5 Å². The number of urea groups is 1. The summed E-state index contributed by atoms with van der Waals surface area (Å²) in [4.78, 5) is 32.4. The molecule has 0 unspecified atom stereocenters. The highest BCUT2D eigenvalue weighted by atomic mass is 16.5. The maximum Gasteiger partial charge on any atom is 0.328 e. The highest BCUT2D eigenvalue weighted by Gasteiger charge is 2.57. The molecule has 0 radical (unpaired) electrons. The number of imide groups is 1. The fraction of sp³-hybridized carbons (Fsp3) is 0.462. The third-order valence-electron chi connectivity index (χ3n) is 6.86. The normalized spacial score (nSPS) is 18.1. The van der Waals surface area contributed by atoms with Gasteiger partial charge in [-0.3, -0.25) is 14.6 Å². The van der Waals surface area contributed by atoms with Crippen molar-refractivity contribution in [2.24, 2.45) is 0 Å². The topological polar surface area (TPSA) is 71.6 Å². The third kappa shape index (κ3) is 4.60. The van der Waals surface area contributed by atoms with E-state index in [-0.39, 0.29) is 18.5 Å². The summed E-state index contributed by atoms with van der Waals surface area (Å²) in [5.41, 5.74) is 1.32. The Morgan fingerprint density at radius 3 is 2.21 bits per heavy atom. The molecule has 1 spiro atoms. The van der Waals surface area contributed by atoms with E-state index < -0.39 is 5.54 Å². The van der Waals surface area contributed by atoms with Gasteiger partial charge in [-0.25, -0.2) is 4.79 Å². The molecule has 2 aliphatic rings. The van der Waals surface area contributed by atoms with Crippen molar-refractivity contribution < 1.29 is 23.8 Å². The van der Waals surface area contributed by atoms with Gasteiger partial charge in [0, 0.05) is 33.3 Å². The molecule has 0 N–H and O–H groups in total. The minimum absolute atomic E-state index is 0.101. The van der Waals surface area contributed by atoms with Gasteiger partial charge in [0.1, 0.15) is 5.54 Å². The average molecular weight is 468 g/mol. The van der Waals surface area contributed by atoms with Gasteiger partial charge in [0.15, 0.2) is 11.5 Å². The molecule has 2 fully saturated rings. The molecular weight excluding hydrogens is 434 g/mol. The van der Waals surface area contributed by atoms with E-state index >= 15 is 0 Å². The Morgan fingerprint density at radius 1 is 0.853 bits per heavy atom. The molecule has 2 heterocycles. The molecule has 182 valence electrons. The van der Waals surface area contributed by atoms with Gasteiger partial charge in [-0.1, -0.05) is 36.4 Å². The highest BCUT2D eigenvalue weighted by molar-refractivity contribution is 6.07. The Balaban J connectivity index is 1.51. The molecule has 0 aromatic heterocycles. The number of hydrogen-bond donors (Lipinski definition) is 0. The van der Waals surface area contributed by atoms with Gasteiger partial charge in [-0.2, -0.15) is 0 Å². The lowest BCUT2D eigenvalue weighted by Crippen LogP contribution is -2.56. The maximum absolute atomic E-state index is 13.6. The first-order chi connectivity index (χ1) is 16.5. The Kier molecular flexibility index (Phi) is 7.38. The summed E-state index contributed by atoms with van der Waals surface area (Å²) in [6.45, 7) is 3.21. The molecule has 2 aromatic carbocycles. The average Bonchev–Trinajstić information content (AvgIpc) is 3.05. The van der Waals surface area contributed by atoms with E-state index in [0.29, 0.717) is 37.5 Å². The SMILES string of the molecule is COCCN1C(=O)N(Cc2ccccc2)C2(CCN(Cc3ccc(OC)c(OC)c3)CC2)C1=O. The van der Waals surface area contributed by atoms with Gasteiger partial charge in [0.2, 0.25) is 0 Å². The fourth-order valence-corrected chi connectivity index (χ4v) is 4.95. The van der Waals surface area contributed by atoms with E-state index in [1.165, 1.54) is 4.90 Å². The molecule has 8 nitrogen and oxygen atoms in total. The van der Waals surface area contributed by atoms with Crippen LogP contribution in [0, 0.1) is 0 Å². The van der Waals surface area contributed by atoms with E-state index in [0.717, 1.165) is 30.8 Å². The number of likely N-dealkylation sites (tertiary alicyclic amines) is 1. The first-order valence-corrected chi connectivity index (χ1v) is 11.6. The van der Waals surface area contributed by atoms with E-state index in [4.69, 9.17) is 14.2 Å². The Labute approximate surface area is 201 Å². The first-order valence-electron chi connectivity index (χ1n) is 11.6. The molecule has 0 bridgehead atoms. The summed E-state index contributed by atoms with van der Waals surface area (Å²) in [5.74, 6) is 1.30. The number of methoxy groups -OCH3 is 3. The Bertz CT molecular complexity index is 1000.